The third-order valence-electron chi connectivity index (χ3n) is 3.28. The summed E-state index contributed by atoms with van der Waals surface area (Å²) >= 11 is 7.04. The number of hydrogen-bond donors (Lipinski definition) is 1. The maximum atomic E-state index is 3.58. The normalized spacial score (nSPS) is 10.7. The molecule has 0 aromatic heterocycles. The van der Waals surface area contributed by atoms with Gasteiger partial charge in [-0.25, -0.2) is 0 Å². The summed E-state index contributed by atoms with van der Waals surface area (Å²) in [7, 11) is 0. The molecule has 0 bridgehead atoms. The Balaban J connectivity index is 1.87. The van der Waals surface area contributed by atoms with Gasteiger partial charge in [0.25, 0.3) is 0 Å². The minimum Gasteiger partial charge on any atom is -0.380 e. The Kier molecular flexibility index (Phi) is 4.08. The molecule has 0 spiro atoms. The zero-order chi connectivity index (χ0) is 13.9. The molecule has 0 aliphatic rings. The second kappa shape index (κ2) is 5.98. The molecule has 0 saturated carbocycles. The van der Waals surface area contributed by atoms with E-state index in [1.807, 2.05) is 12.1 Å². The summed E-state index contributed by atoms with van der Waals surface area (Å²) < 4.78 is 2.13. The second-order valence-electron chi connectivity index (χ2n) is 4.62. The van der Waals surface area contributed by atoms with Crippen molar-refractivity contribution in [2.75, 3.05) is 5.32 Å². The van der Waals surface area contributed by atoms with Crippen molar-refractivity contribution >= 4 is 48.3 Å². The zero-order valence-electron chi connectivity index (χ0n) is 10.7. The van der Waals surface area contributed by atoms with Gasteiger partial charge in [0.1, 0.15) is 0 Å². The molecular weight excluding hydrogens is 378 g/mol. The number of rotatable bonds is 3. The van der Waals surface area contributed by atoms with Crippen molar-refractivity contribution in [1.82, 2.24) is 0 Å². The molecule has 0 atom stereocenters. The van der Waals surface area contributed by atoms with E-state index >= 15 is 0 Å². The number of benzene rings is 3. The molecule has 1 nitrogen and oxygen atoms in total. The van der Waals surface area contributed by atoms with Crippen LogP contribution in [0.3, 0.4) is 0 Å². The van der Waals surface area contributed by atoms with Crippen molar-refractivity contribution in [2.45, 2.75) is 6.54 Å². The first kappa shape index (κ1) is 13.7. The monoisotopic (exact) mass is 389 g/mol. The fourth-order valence-electron chi connectivity index (χ4n) is 2.27. The maximum absolute atomic E-state index is 3.58. The van der Waals surface area contributed by atoms with E-state index in [0.717, 1.165) is 21.2 Å². The zero-order valence-corrected chi connectivity index (χ0v) is 13.9. The van der Waals surface area contributed by atoms with Crippen LogP contribution in [-0.4, -0.2) is 0 Å². The van der Waals surface area contributed by atoms with Gasteiger partial charge in [-0.3, -0.25) is 0 Å². The van der Waals surface area contributed by atoms with Gasteiger partial charge in [0, 0.05) is 21.2 Å². The molecule has 100 valence electrons. The van der Waals surface area contributed by atoms with Crippen LogP contribution >= 0.6 is 31.9 Å². The van der Waals surface area contributed by atoms with E-state index in [2.05, 4.69) is 85.7 Å². The Hall–Kier alpha value is -1.32. The lowest BCUT2D eigenvalue weighted by atomic mass is 10.0. The van der Waals surface area contributed by atoms with Crippen LogP contribution in [0.25, 0.3) is 10.8 Å². The highest BCUT2D eigenvalue weighted by Crippen LogP contribution is 2.27. The summed E-state index contributed by atoms with van der Waals surface area (Å²) in [6.07, 6.45) is 0. The SMILES string of the molecule is Brc1ccc(NCc2cccc3ccccc23)c(Br)c1. The molecule has 0 amide bonds. The van der Waals surface area contributed by atoms with Gasteiger partial charge in [-0.05, 0) is 50.5 Å². The molecule has 3 aromatic carbocycles. The predicted molar refractivity (Wildman–Crippen MR) is 93.1 cm³/mol. The highest BCUT2D eigenvalue weighted by Gasteiger charge is 2.03. The summed E-state index contributed by atoms with van der Waals surface area (Å²) in [5.41, 5.74) is 2.40. The summed E-state index contributed by atoms with van der Waals surface area (Å²) in [6, 6.07) is 21.1. The lowest BCUT2D eigenvalue weighted by Gasteiger charge is -2.11. The molecule has 0 aliphatic carbocycles. The van der Waals surface area contributed by atoms with Gasteiger partial charge >= 0.3 is 0 Å². The number of halogens is 2. The molecule has 0 radical (unpaired) electrons. The number of nitrogens with one attached hydrogen (secondary N) is 1. The second-order valence-corrected chi connectivity index (χ2v) is 6.39. The van der Waals surface area contributed by atoms with Crippen molar-refractivity contribution in [1.29, 1.82) is 0 Å². The third-order valence-corrected chi connectivity index (χ3v) is 4.43. The van der Waals surface area contributed by atoms with Gasteiger partial charge in [-0.15, -0.1) is 0 Å². The first-order valence-electron chi connectivity index (χ1n) is 6.39. The molecule has 3 aromatic rings. The van der Waals surface area contributed by atoms with Gasteiger partial charge < -0.3 is 5.32 Å². The van der Waals surface area contributed by atoms with Crippen LogP contribution < -0.4 is 5.32 Å². The van der Waals surface area contributed by atoms with E-state index in [1.165, 1.54) is 16.3 Å². The van der Waals surface area contributed by atoms with Crippen molar-refractivity contribution in [3.8, 4) is 0 Å². The first-order valence-corrected chi connectivity index (χ1v) is 7.98. The van der Waals surface area contributed by atoms with Crippen LogP contribution in [0, 0.1) is 0 Å². The lowest BCUT2D eigenvalue weighted by molar-refractivity contribution is 1.16. The lowest BCUT2D eigenvalue weighted by Crippen LogP contribution is -2.00. The third kappa shape index (κ3) is 2.89. The topological polar surface area (TPSA) is 12.0 Å². The smallest absolute Gasteiger partial charge is 0.0488 e. The Morgan fingerprint density at radius 3 is 2.50 bits per heavy atom. The maximum Gasteiger partial charge on any atom is 0.0488 e. The Labute approximate surface area is 135 Å². The van der Waals surface area contributed by atoms with E-state index in [4.69, 9.17) is 0 Å². The van der Waals surface area contributed by atoms with Crippen LogP contribution in [0.5, 0.6) is 0 Å². The molecule has 0 unspecified atom stereocenters. The van der Waals surface area contributed by atoms with Crippen LogP contribution in [-0.2, 0) is 6.54 Å². The minimum atomic E-state index is 0.807. The summed E-state index contributed by atoms with van der Waals surface area (Å²) in [5, 5.41) is 6.06. The molecular formula is C17H13Br2N. The van der Waals surface area contributed by atoms with Crippen molar-refractivity contribution < 1.29 is 0 Å². The van der Waals surface area contributed by atoms with Gasteiger partial charge in [-0.2, -0.15) is 0 Å². The average molecular weight is 391 g/mol. The minimum absolute atomic E-state index is 0.807. The standard InChI is InChI=1S/C17H13Br2N/c18-14-8-9-17(16(19)10-14)20-11-13-6-3-5-12-4-1-2-7-15(12)13/h1-10,20H,11H2. The Morgan fingerprint density at radius 2 is 1.65 bits per heavy atom. The van der Waals surface area contributed by atoms with Crippen LogP contribution in [0.2, 0.25) is 0 Å². The predicted octanol–water partition coefficient (Wildman–Crippen LogP) is 5.98. The van der Waals surface area contributed by atoms with Crippen molar-refractivity contribution in [2.24, 2.45) is 0 Å². The quantitative estimate of drug-likeness (QED) is 0.580. The fraction of sp³-hybridized carbons (Fsp3) is 0.0588. The average Bonchev–Trinajstić information content (AvgIpc) is 2.46. The number of fused-ring (bicyclic) bond motifs is 1. The number of anilines is 1. The largest absolute Gasteiger partial charge is 0.380 e. The van der Waals surface area contributed by atoms with Gasteiger partial charge in [-0.1, -0.05) is 58.4 Å². The van der Waals surface area contributed by atoms with E-state index in [1.54, 1.807) is 0 Å². The molecule has 3 rings (SSSR count). The van der Waals surface area contributed by atoms with Gasteiger partial charge in [0.2, 0.25) is 0 Å². The molecule has 1 N–H and O–H groups in total. The van der Waals surface area contributed by atoms with Crippen LogP contribution in [0.4, 0.5) is 5.69 Å². The summed E-state index contributed by atoms with van der Waals surface area (Å²) in [6.45, 7) is 0.807. The van der Waals surface area contributed by atoms with E-state index in [0.29, 0.717) is 0 Å². The highest BCUT2D eigenvalue weighted by molar-refractivity contribution is 9.11. The fourth-order valence-corrected chi connectivity index (χ4v) is 3.46. The Bertz CT molecular complexity index is 748. The molecule has 0 saturated heterocycles. The molecule has 3 heteroatoms. The highest BCUT2D eigenvalue weighted by atomic mass is 79.9. The van der Waals surface area contributed by atoms with E-state index in [9.17, 15) is 0 Å². The first-order chi connectivity index (χ1) is 9.74. The number of hydrogen-bond acceptors (Lipinski definition) is 1. The summed E-state index contributed by atoms with van der Waals surface area (Å²) in [5.74, 6) is 0. The van der Waals surface area contributed by atoms with E-state index in [-0.39, 0.29) is 0 Å². The van der Waals surface area contributed by atoms with Gasteiger partial charge in [0.15, 0.2) is 0 Å². The summed E-state index contributed by atoms with van der Waals surface area (Å²) in [4.78, 5) is 0. The molecule has 0 heterocycles. The molecule has 0 fully saturated rings. The molecule has 20 heavy (non-hydrogen) atoms. The van der Waals surface area contributed by atoms with E-state index < -0.39 is 0 Å². The molecule has 0 aliphatic heterocycles. The van der Waals surface area contributed by atoms with Crippen molar-refractivity contribution in [3.05, 3.63) is 75.2 Å². The van der Waals surface area contributed by atoms with Crippen LogP contribution in [0.1, 0.15) is 5.56 Å². The van der Waals surface area contributed by atoms with Crippen LogP contribution in [0.15, 0.2) is 69.6 Å². The van der Waals surface area contributed by atoms with Gasteiger partial charge in [0.05, 0.1) is 0 Å². The Morgan fingerprint density at radius 1 is 0.850 bits per heavy atom. The van der Waals surface area contributed by atoms with Crippen molar-refractivity contribution in [3.63, 3.8) is 0 Å².